The summed E-state index contributed by atoms with van der Waals surface area (Å²) >= 11 is 6.36. The van der Waals surface area contributed by atoms with Gasteiger partial charge in [0.05, 0.1) is 18.4 Å². The first-order chi connectivity index (χ1) is 14.5. The first-order valence-electron chi connectivity index (χ1n) is 10.9. The van der Waals surface area contributed by atoms with Crippen molar-refractivity contribution in [2.45, 2.75) is 51.0 Å². The number of halogens is 1. The van der Waals surface area contributed by atoms with Crippen LogP contribution in [0.25, 0.3) is 0 Å². The molecule has 0 spiro atoms. The first kappa shape index (κ1) is 21.5. The normalized spacial score (nSPS) is 30.6. The summed E-state index contributed by atoms with van der Waals surface area (Å²) in [7, 11) is 0. The Morgan fingerprint density at radius 3 is 2.93 bits per heavy atom. The Morgan fingerprint density at radius 2 is 2.27 bits per heavy atom. The van der Waals surface area contributed by atoms with Gasteiger partial charge in [-0.2, -0.15) is 5.26 Å². The van der Waals surface area contributed by atoms with Crippen molar-refractivity contribution < 1.29 is 4.79 Å². The second-order valence-electron chi connectivity index (χ2n) is 8.89. The van der Waals surface area contributed by atoms with E-state index in [4.69, 9.17) is 17.3 Å². The second kappa shape index (κ2) is 8.81. The Morgan fingerprint density at radius 1 is 1.47 bits per heavy atom. The van der Waals surface area contributed by atoms with Crippen molar-refractivity contribution in [1.82, 2.24) is 20.9 Å². The van der Waals surface area contributed by atoms with Crippen LogP contribution in [0.5, 0.6) is 0 Å². The van der Waals surface area contributed by atoms with Gasteiger partial charge in [0, 0.05) is 43.2 Å². The van der Waals surface area contributed by atoms with Crippen LogP contribution in [0.4, 0.5) is 0 Å². The minimum atomic E-state index is -0.792. The Bertz CT molecular complexity index is 835. The molecule has 30 heavy (non-hydrogen) atoms. The maximum atomic E-state index is 12.5. The van der Waals surface area contributed by atoms with Crippen LogP contribution in [0.2, 0.25) is 5.02 Å². The minimum absolute atomic E-state index is 0.0204. The largest absolute Gasteiger partial charge is 0.354 e. The second-order valence-corrected chi connectivity index (χ2v) is 9.30. The van der Waals surface area contributed by atoms with Gasteiger partial charge in [-0.1, -0.05) is 23.7 Å². The molecule has 4 rings (SSSR count). The third kappa shape index (κ3) is 4.20. The predicted octanol–water partition coefficient (Wildman–Crippen LogP) is 1.63. The average molecular weight is 431 g/mol. The number of rotatable bonds is 6. The Kier molecular flexibility index (Phi) is 6.33. The summed E-state index contributed by atoms with van der Waals surface area (Å²) < 4.78 is 0. The molecular weight excluding hydrogens is 400 g/mol. The zero-order chi connectivity index (χ0) is 21.3. The number of nitrogens with zero attached hydrogens (tertiary/aromatic N) is 2. The van der Waals surface area contributed by atoms with Crippen molar-refractivity contribution >= 4 is 17.5 Å². The molecular formula is C22H31ClN6O. The monoisotopic (exact) mass is 430 g/mol. The third-order valence-corrected chi connectivity index (χ3v) is 7.28. The standard InChI is InChI=1S/C22H31ClN6O/c1-14-4-5-15(9-18(14)23)19-26-11-16(12-27-21(30)22(13-25)6-7-22)20(28-19)29-8-2-3-17(29)10-24/h4-5,9,16-17,19-20,26,28H,2-3,6-8,10-12,24H2,1H3,(H,27,30)/t16?,17-,19?,20?/m0/s1. The number of hydrogen-bond donors (Lipinski definition) is 4. The number of nitrogens with two attached hydrogens (primary N) is 1. The van der Waals surface area contributed by atoms with Crippen molar-refractivity contribution in [1.29, 1.82) is 5.26 Å². The van der Waals surface area contributed by atoms with Crippen molar-refractivity contribution in [3.63, 3.8) is 0 Å². The number of carbonyl (C=O) groups is 1. The molecule has 1 saturated carbocycles. The summed E-state index contributed by atoms with van der Waals surface area (Å²) in [5, 5.41) is 20.4. The van der Waals surface area contributed by atoms with Gasteiger partial charge in [0.25, 0.3) is 0 Å². The van der Waals surface area contributed by atoms with Crippen LogP contribution in [0.3, 0.4) is 0 Å². The van der Waals surface area contributed by atoms with Gasteiger partial charge in [0.1, 0.15) is 5.41 Å². The van der Waals surface area contributed by atoms with Crippen LogP contribution < -0.4 is 21.7 Å². The molecule has 2 aliphatic heterocycles. The number of likely N-dealkylation sites (tertiary alicyclic amines) is 1. The van der Waals surface area contributed by atoms with Crippen LogP contribution in [0.15, 0.2) is 18.2 Å². The molecule has 0 aromatic heterocycles. The van der Waals surface area contributed by atoms with Crippen LogP contribution in [-0.2, 0) is 4.79 Å². The molecule has 1 aromatic carbocycles. The van der Waals surface area contributed by atoms with Crippen LogP contribution in [-0.4, -0.2) is 49.2 Å². The van der Waals surface area contributed by atoms with Gasteiger partial charge in [0.2, 0.25) is 5.91 Å². The maximum Gasteiger partial charge on any atom is 0.240 e. The molecule has 1 aromatic rings. The summed E-state index contributed by atoms with van der Waals surface area (Å²) in [6.07, 6.45) is 3.62. The highest BCUT2D eigenvalue weighted by molar-refractivity contribution is 6.31. The highest BCUT2D eigenvalue weighted by Crippen LogP contribution is 2.45. The highest BCUT2D eigenvalue weighted by atomic mass is 35.5. The fraction of sp³-hybridized carbons (Fsp3) is 0.636. The molecule has 3 unspecified atom stereocenters. The highest BCUT2D eigenvalue weighted by Gasteiger charge is 2.51. The topological polar surface area (TPSA) is 106 Å². The zero-order valence-electron chi connectivity index (χ0n) is 17.5. The molecule has 8 heteroatoms. The van der Waals surface area contributed by atoms with Crippen LogP contribution >= 0.6 is 11.6 Å². The van der Waals surface area contributed by atoms with E-state index in [1.807, 2.05) is 19.1 Å². The number of carbonyl (C=O) groups excluding carboxylic acids is 1. The zero-order valence-corrected chi connectivity index (χ0v) is 18.2. The maximum absolute atomic E-state index is 12.5. The lowest BCUT2D eigenvalue weighted by atomic mass is 9.97. The molecule has 4 atom stereocenters. The fourth-order valence-corrected chi connectivity index (χ4v) is 4.87. The Balaban J connectivity index is 1.49. The molecule has 0 bridgehead atoms. The van der Waals surface area contributed by atoms with Crippen molar-refractivity contribution in [3.05, 3.63) is 34.3 Å². The third-order valence-electron chi connectivity index (χ3n) is 6.87. The molecule has 3 aliphatic rings. The van der Waals surface area contributed by atoms with E-state index in [1.54, 1.807) is 0 Å². The van der Waals surface area contributed by atoms with Gasteiger partial charge < -0.3 is 11.1 Å². The molecule has 5 N–H and O–H groups in total. The predicted molar refractivity (Wildman–Crippen MR) is 116 cm³/mol. The summed E-state index contributed by atoms with van der Waals surface area (Å²) in [4.78, 5) is 14.9. The number of nitrogens with one attached hydrogen (secondary N) is 3. The molecule has 162 valence electrons. The van der Waals surface area contributed by atoms with E-state index >= 15 is 0 Å². The lowest BCUT2D eigenvalue weighted by molar-refractivity contribution is -0.124. The van der Waals surface area contributed by atoms with Crippen molar-refractivity contribution in [2.24, 2.45) is 17.1 Å². The lowest BCUT2D eigenvalue weighted by Crippen LogP contribution is -2.64. The number of benzene rings is 1. The minimum Gasteiger partial charge on any atom is -0.354 e. The Hall–Kier alpha value is -1.69. The van der Waals surface area contributed by atoms with Gasteiger partial charge in [-0.25, -0.2) is 0 Å². The molecule has 3 fully saturated rings. The smallest absolute Gasteiger partial charge is 0.240 e. The molecule has 2 heterocycles. The van der Waals surface area contributed by atoms with Gasteiger partial charge >= 0.3 is 0 Å². The van der Waals surface area contributed by atoms with Gasteiger partial charge in [0.15, 0.2) is 0 Å². The molecule has 1 amide bonds. The van der Waals surface area contributed by atoms with Crippen molar-refractivity contribution in [3.8, 4) is 6.07 Å². The molecule has 0 radical (unpaired) electrons. The summed E-state index contributed by atoms with van der Waals surface area (Å²) in [5.74, 6) is 0.0424. The Labute approximate surface area is 183 Å². The quantitative estimate of drug-likeness (QED) is 0.546. The van der Waals surface area contributed by atoms with E-state index in [-0.39, 0.29) is 24.2 Å². The van der Waals surface area contributed by atoms with Gasteiger partial charge in [-0.05, 0) is 49.8 Å². The fourth-order valence-electron chi connectivity index (χ4n) is 4.68. The number of aryl methyl sites for hydroxylation is 1. The molecule has 2 saturated heterocycles. The van der Waals surface area contributed by atoms with Gasteiger partial charge in [-0.3, -0.25) is 20.3 Å². The van der Waals surface area contributed by atoms with E-state index in [0.717, 1.165) is 42.1 Å². The summed E-state index contributed by atoms with van der Waals surface area (Å²) in [6, 6.07) is 8.67. The SMILES string of the molecule is Cc1ccc(C2NCC(CNC(=O)C3(C#N)CC3)C(N3CCC[C@H]3CN)N2)cc1Cl. The molecule has 7 nitrogen and oxygen atoms in total. The van der Waals surface area contributed by atoms with Gasteiger partial charge in [-0.15, -0.1) is 0 Å². The number of amides is 1. The van der Waals surface area contributed by atoms with E-state index in [1.165, 1.54) is 0 Å². The van der Waals surface area contributed by atoms with Crippen LogP contribution in [0.1, 0.15) is 43.0 Å². The van der Waals surface area contributed by atoms with E-state index in [0.29, 0.717) is 32.0 Å². The van der Waals surface area contributed by atoms with Crippen molar-refractivity contribution in [2.75, 3.05) is 26.2 Å². The number of nitriles is 1. The van der Waals surface area contributed by atoms with Crippen LogP contribution in [0, 0.1) is 29.6 Å². The van der Waals surface area contributed by atoms with E-state index in [2.05, 4.69) is 33.0 Å². The number of hydrogen-bond acceptors (Lipinski definition) is 6. The van der Waals surface area contributed by atoms with E-state index in [9.17, 15) is 10.1 Å². The first-order valence-corrected chi connectivity index (χ1v) is 11.3. The summed E-state index contributed by atoms with van der Waals surface area (Å²) in [6.45, 7) is 4.90. The van der Waals surface area contributed by atoms with E-state index < -0.39 is 5.41 Å². The molecule has 1 aliphatic carbocycles. The lowest BCUT2D eigenvalue weighted by Gasteiger charge is -2.45. The average Bonchev–Trinajstić information content (AvgIpc) is 3.43. The summed E-state index contributed by atoms with van der Waals surface area (Å²) in [5.41, 5.74) is 7.42.